The predicted octanol–water partition coefficient (Wildman–Crippen LogP) is 8.72. The van der Waals surface area contributed by atoms with Crippen molar-refractivity contribution in [1.82, 2.24) is 0 Å². The van der Waals surface area contributed by atoms with Crippen LogP contribution in [0.3, 0.4) is 0 Å². The number of rotatable bonds is 13. The molecule has 5 rings (SSSR count). The van der Waals surface area contributed by atoms with E-state index >= 15 is 0 Å². The zero-order valence-electron chi connectivity index (χ0n) is 23.6. The van der Waals surface area contributed by atoms with Crippen molar-refractivity contribution in [2.75, 3.05) is 0 Å². The Labute approximate surface area is 252 Å². The maximum atomic E-state index is 14.9. The summed E-state index contributed by atoms with van der Waals surface area (Å²) in [6.07, 6.45) is 0.0197. The van der Waals surface area contributed by atoms with Gasteiger partial charge in [-0.1, -0.05) is 127 Å². The van der Waals surface area contributed by atoms with Crippen molar-refractivity contribution in [3.05, 3.63) is 168 Å². The Bertz CT molecular complexity index is 1560. The van der Waals surface area contributed by atoms with E-state index in [1.165, 1.54) is 0 Å². The van der Waals surface area contributed by atoms with Gasteiger partial charge in [-0.25, -0.2) is 4.57 Å². The number of ether oxygens (including phenoxy) is 1. The maximum Gasteiger partial charge on any atom is 0.455 e. The molecule has 0 amide bonds. The fraction of sp³-hybridized carbons (Fsp3) is 0.111. The van der Waals surface area contributed by atoms with Gasteiger partial charge in [0, 0.05) is 17.5 Å². The molecule has 0 aliphatic heterocycles. The monoisotopic (exact) mass is 589 g/mol. The molecule has 0 aliphatic rings. The van der Waals surface area contributed by atoms with Gasteiger partial charge in [-0.3, -0.25) is 9.79 Å². The van der Waals surface area contributed by atoms with Gasteiger partial charge < -0.3 is 13.8 Å². The summed E-state index contributed by atoms with van der Waals surface area (Å²) in [6.45, 7) is 0.144. The first-order valence-corrected chi connectivity index (χ1v) is 15.7. The van der Waals surface area contributed by atoms with Gasteiger partial charge >= 0.3 is 13.6 Å². The zero-order chi connectivity index (χ0) is 29.7. The predicted molar refractivity (Wildman–Crippen MR) is 170 cm³/mol. The van der Waals surface area contributed by atoms with Crippen LogP contribution in [0.4, 0.5) is 0 Å². The molecule has 1 atom stereocenters. The Morgan fingerprint density at radius 3 is 1.49 bits per heavy atom. The van der Waals surface area contributed by atoms with Gasteiger partial charge in [0.05, 0.1) is 5.71 Å². The summed E-state index contributed by atoms with van der Waals surface area (Å²) >= 11 is 0. The van der Waals surface area contributed by atoms with Gasteiger partial charge in [0.15, 0.2) is 5.78 Å². The number of aliphatic imine (C=N–C) groups is 1. The zero-order valence-corrected chi connectivity index (χ0v) is 24.5. The summed E-state index contributed by atoms with van der Waals surface area (Å²) < 4.78 is 32.8. The van der Waals surface area contributed by atoms with Crippen LogP contribution >= 0.6 is 7.60 Å². The van der Waals surface area contributed by atoms with Crippen molar-refractivity contribution >= 4 is 19.3 Å². The topological polar surface area (TPSA) is 74.2 Å². The number of hydrogen-bond donors (Lipinski definition) is 0. The lowest BCUT2D eigenvalue weighted by molar-refractivity contribution is -0.145. The molecule has 1 unspecified atom stereocenters. The van der Waals surface area contributed by atoms with Crippen LogP contribution in [-0.4, -0.2) is 17.5 Å². The lowest BCUT2D eigenvalue weighted by Crippen LogP contribution is -2.20. The first-order chi connectivity index (χ1) is 21.1. The quantitative estimate of drug-likeness (QED) is 0.0780. The summed E-state index contributed by atoms with van der Waals surface area (Å²) in [6, 6.07) is 46.5. The standard InChI is InChI=1S/C36H32NO5P/c38-35(40-28-29-16-6-1-7-17-29)27-26-34(37-36(30-18-8-2-9-19-30)31-20-10-3-11-21-31)43(39,41-32-22-12-4-13-23-32)42-33-24-14-5-15-25-33/h1-25,34H,26-28H2. The molecular formula is C36H32NO5P. The van der Waals surface area contributed by atoms with Crippen molar-refractivity contribution in [2.24, 2.45) is 4.99 Å². The van der Waals surface area contributed by atoms with E-state index in [2.05, 4.69) is 0 Å². The van der Waals surface area contributed by atoms with Crippen LogP contribution in [0.2, 0.25) is 0 Å². The molecule has 43 heavy (non-hydrogen) atoms. The fourth-order valence-electron chi connectivity index (χ4n) is 4.40. The molecule has 0 aliphatic carbocycles. The third-order valence-corrected chi connectivity index (χ3v) is 8.57. The first-order valence-electron chi connectivity index (χ1n) is 14.1. The van der Waals surface area contributed by atoms with Crippen LogP contribution in [0.5, 0.6) is 11.5 Å². The Kier molecular flexibility index (Phi) is 10.2. The molecule has 0 saturated carbocycles. The lowest BCUT2D eigenvalue weighted by Gasteiger charge is -2.26. The second-order valence-electron chi connectivity index (χ2n) is 9.72. The molecule has 0 fully saturated rings. The second-order valence-corrected chi connectivity index (χ2v) is 11.8. The van der Waals surface area contributed by atoms with E-state index in [4.69, 9.17) is 18.8 Å². The molecule has 0 heterocycles. The van der Waals surface area contributed by atoms with Crippen LogP contribution < -0.4 is 9.05 Å². The van der Waals surface area contributed by atoms with Crippen molar-refractivity contribution < 1.29 is 23.1 Å². The molecule has 0 aromatic heterocycles. The van der Waals surface area contributed by atoms with E-state index in [-0.39, 0.29) is 19.4 Å². The van der Waals surface area contributed by atoms with Crippen LogP contribution in [0.1, 0.15) is 29.5 Å². The highest BCUT2D eigenvalue weighted by Gasteiger charge is 2.40. The minimum absolute atomic E-state index is 0.0435. The Morgan fingerprint density at radius 2 is 1.02 bits per heavy atom. The van der Waals surface area contributed by atoms with E-state index in [0.717, 1.165) is 16.7 Å². The number of carbonyl (C=O) groups excluding carboxylic acids is 1. The summed E-state index contributed by atoms with van der Waals surface area (Å²) in [4.78, 5) is 18.0. The van der Waals surface area contributed by atoms with Crippen LogP contribution in [0.15, 0.2) is 157 Å². The van der Waals surface area contributed by atoms with E-state index in [0.29, 0.717) is 17.2 Å². The number of carbonyl (C=O) groups is 1. The summed E-state index contributed by atoms with van der Waals surface area (Å²) in [5.74, 6) is -0.743. The molecule has 0 saturated heterocycles. The minimum Gasteiger partial charge on any atom is -0.461 e. The molecule has 216 valence electrons. The Balaban J connectivity index is 1.53. The van der Waals surface area contributed by atoms with E-state index in [1.54, 1.807) is 48.5 Å². The van der Waals surface area contributed by atoms with E-state index in [1.807, 2.05) is 103 Å². The minimum atomic E-state index is -4.10. The number of esters is 1. The third kappa shape index (κ3) is 8.54. The smallest absolute Gasteiger partial charge is 0.455 e. The van der Waals surface area contributed by atoms with Crippen LogP contribution in [0, 0.1) is 0 Å². The van der Waals surface area contributed by atoms with Gasteiger partial charge in [-0.15, -0.1) is 0 Å². The molecular weight excluding hydrogens is 557 g/mol. The molecule has 6 nitrogen and oxygen atoms in total. The molecule has 0 radical (unpaired) electrons. The van der Waals surface area contributed by atoms with Gasteiger partial charge in [0.25, 0.3) is 0 Å². The summed E-state index contributed by atoms with van der Waals surface area (Å²) in [5.41, 5.74) is 3.15. The summed E-state index contributed by atoms with van der Waals surface area (Å²) in [5, 5.41) is 0. The molecule has 5 aromatic rings. The normalized spacial score (nSPS) is 11.6. The number of benzene rings is 5. The first kappa shape index (κ1) is 29.6. The maximum absolute atomic E-state index is 14.9. The fourth-order valence-corrected chi connectivity index (χ4v) is 6.22. The lowest BCUT2D eigenvalue weighted by atomic mass is 10.0. The molecule has 0 spiro atoms. The van der Waals surface area contributed by atoms with Gasteiger partial charge in [0.1, 0.15) is 18.1 Å². The van der Waals surface area contributed by atoms with Gasteiger partial charge in [0.2, 0.25) is 0 Å². The SMILES string of the molecule is O=C(CCC(N=C(c1ccccc1)c1ccccc1)P(=O)(Oc1ccccc1)Oc1ccccc1)OCc1ccccc1. The highest BCUT2D eigenvalue weighted by molar-refractivity contribution is 7.55. The second kappa shape index (κ2) is 14.8. The molecule has 5 aromatic carbocycles. The third-order valence-electron chi connectivity index (χ3n) is 6.54. The molecule has 0 N–H and O–H groups in total. The van der Waals surface area contributed by atoms with Gasteiger partial charge in [-0.2, -0.15) is 0 Å². The van der Waals surface area contributed by atoms with Gasteiger partial charge in [-0.05, 0) is 36.2 Å². The van der Waals surface area contributed by atoms with Crippen LogP contribution in [0.25, 0.3) is 0 Å². The number of para-hydroxylation sites is 2. The van der Waals surface area contributed by atoms with Crippen molar-refractivity contribution in [3.63, 3.8) is 0 Å². The number of nitrogens with zero attached hydrogens (tertiary/aromatic N) is 1. The average Bonchev–Trinajstić information content (AvgIpc) is 3.06. The Morgan fingerprint density at radius 1 is 0.605 bits per heavy atom. The average molecular weight is 590 g/mol. The van der Waals surface area contributed by atoms with Crippen molar-refractivity contribution in [3.8, 4) is 11.5 Å². The molecule has 7 heteroatoms. The highest BCUT2D eigenvalue weighted by Crippen LogP contribution is 2.55. The highest BCUT2D eigenvalue weighted by atomic mass is 31.2. The molecule has 0 bridgehead atoms. The van der Waals surface area contributed by atoms with E-state index < -0.39 is 19.3 Å². The van der Waals surface area contributed by atoms with Crippen molar-refractivity contribution in [2.45, 2.75) is 25.2 Å². The van der Waals surface area contributed by atoms with Crippen molar-refractivity contribution in [1.29, 1.82) is 0 Å². The Hall–Kier alpha value is -4.93. The van der Waals surface area contributed by atoms with Crippen LogP contribution in [-0.2, 0) is 20.7 Å². The van der Waals surface area contributed by atoms with E-state index in [9.17, 15) is 9.36 Å². The summed E-state index contributed by atoms with van der Waals surface area (Å²) in [7, 11) is -4.10. The largest absolute Gasteiger partial charge is 0.461 e. The number of hydrogen-bond acceptors (Lipinski definition) is 6.